The molecule has 4 nitrogen and oxygen atoms in total. The molecule has 0 aromatic rings. The minimum Gasteiger partial charge on any atom is -0.368 e. The first-order valence-corrected chi connectivity index (χ1v) is 5.63. The lowest BCUT2D eigenvalue weighted by Gasteiger charge is -2.34. The summed E-state index contributed by atoms with van der Waals surface area (Å²) in [5.74, 6) is 0.294. The van der Waals surface area contributed by atoms with Crippen LogP contribution in [-0.2, 0) is 9.53 Å². The average molecular weight is 251 g/mol. The molecule has 1 rings (SSSR count). The number of carbonyl (C=O) groups is 1. The quantitative estimate of drug-likeness (QED) is 0.785. The predicted octanol–water partition coefficient (Wildman–Crippen LogP) is 1.08. The van der Waals surface area contributed by atoms with Gasteiger partial charge in [0, 0.05) is 13.2 Å². The van der Waals surface area contributed by atoms with Gasteiger partial charge >= 0.3 is 0 Å². The Kier molecular flexibility index (Phi) is 6.30. The highest BCUT2D eigenvalue weighted by molar-refractivity contribution is 5.85. The molecule has 2 atom stereocenters. The van der Waals surface area contributed by atoms with Gasteiger partial charge in [0.1, 0.15) is 6.10 Å². The summed E-state index contributed by atoms with van der Waals surface area (Å²) in [6.45, 7) is 7.23. The number of hydrogen-bond donors (Lipinski definition) is 2. The van der Waals surface area contributed by atoms with E-state index < -0.39 is 0 Å². The Morgan fingerprint density at radius 2 is 2.25 bits per heavy atom. The second-order valence-corrected chi connectivity index (χ2v) is 4.77. The molecule has 3 N–H and O–H groups in total. The smallest absolute Gasteiger partial charge is 0.249 e. The molecule has 0 bridgehead atoms. The summed E-state index contributed by atoms with van der Waals surface area (Å²) in [5, 5.41) is 3.00. The molecule has 0 aromatic carbocycles. The molecule has 1 fully saturated rings. The van der Waals surface area contributed by atoms with Crippen LogP contribution in [0.25, 0.3) is 0 Å². The van der Waals surface area contributed by atoms with Crippen LogP contribution >= 0.6 is 12.4 Å². The molecule has 1 saturated heterocycles. The van der Waals surface area contributed by atoms with Crippen molar-refractivity contribution in [1.82, 2.24) is 5.32 Å². The van der Waals surface area contributed by atoms with Gasteiger partial charge in [-0.25, -0.2) is 0 Å². The number of nitrogens with two attached hydrogens (primary N) is 1. The first kappa shape index (κ1) is 15.7. The first-order chi connectivity index (χ1) is 6.99. The van der Waals surface area contributed by atoms with Crippen molar-refractivity contribution in [2.24, 2.45) is 11.7 Å². The molecule has 1 amide bonds. The van der Waals surface area contributed by atoms with Crippen LogP contribution in [0, 0.1) is 5.92 Å². The Balaban J connectivity index is 0.00000225. The van der Waals surface area contributed by atoms with Crippen LogP contribution in [0.2, 0.25) is 0 Å². The molecule has 0 saturated carbocycles. The number of amides is 1. The van der Waals surface area contributed by atoms with Crippen LogP contribution in [0.4, 0.5) is 0 Å². The van der Waals surface area contributed by atoms with Crippen LogP contribution in [0.5, 0.6) is 0 Å². The molecule has 5 heteroatoms. The normalized spacial score (nSPS) is 23.7. The van der Waals surface area contributed by atoms with Crippen LogP contribution in [-0.4, -0.2) is 30.7 Å². The monoisotopic (exact) mass is 250 g/mol. The molecule has 1 aliphatic heterocycles. The Hall–Kier alpha value is -0.320. The molecule has 1 unspecified atom stereocenters. The molecular formula is C11H23ClN2O2. The maximum absolute atomic E-state index is 11.8. The van der Waals surface area contributed by atoms with Gasteiger partial charge in [0.05, 0.1) is 5.54 Å². The van der Waals surface area contributed by atoms with Gasteiger partial charge in [0.2, 0.25) is 5.91 Å². The van der Waals surface area contributed by atoms with Gasteiger partial charge in [0.15, 0.2) is 0 Å². The lowest BCUT2D eigenvalue weighted by molar-refractivity contribution is -0.132. The molecule has 1 aliphatic rings. The molecular weight excluding hydrogens is 228 g/mol. The summed E-state index contributed by atoms with van der Waals surface area (Å²) < 4.78 is 5.33. The van der Waals surface area contributed by atoms with Gasteiger partial charge in [0.25, 0.3) is 0 Å². The molecule has 96 valence electrons. The number of nitrogens with one attached hydrogen (secondary N) is 1. The van der Waals surface area contributed by atoms with Gasteiger partial charge in [-0.3, -0.25) is 4.79 Å². The second kappa shape index (κ2) is 6.42. The summed E-state index contributed by atoms with van der Waals surface area (Å²) in [6, 6.07) is 0. The van der Waals surface area contributed by atoms with E-state index in [2.05, 4.69) is 19.2 Å². The van der Waals surface area contributed by atoms with Gasteiger partial charge in [-0.2, -0.15) is 0 Å². The van der Waals surface area contributed by atoms with Crippen molar-refractivity contribution in [2.75, 3.05) is 13.2 Å². The summed E-state index contributed by atoms with van der Waals surface area (Å²) in [7, 11) is 0. The predicted molar refractivity (Wildman–Crippen MR) is 66.7 cm³/mol. The van der Waals surface area contributed by atoms with Crippen LogP contribution in [0.3, 0.4) is 0 Å². The molecule has 1 heterocycles. The molecule has 0 spiro atoms. The van der Waals surface area contributed by atoms with E-state index in [0.29, 0.717) is 19.1 Å². The van der Waals surface area contributed by atoms with Gasteiger partial charge in [-0.15, -0.1) is 12.4 Å². The fourth-order valence-corrected chi connectivity index (χ4v) is 1.58. The highest BCUT2D eigenvalue weighted by Gasteiger charge is 2.32. The van der Waals surface area contributed by atoms with Crippen molar-refractivity contribution in [2.45, 2.75) is 45.3 Å². The zero-order chi connectivity index (χ0) is 11.5. The molecule has 0 aliphatic carbocycles. The fourth-order valence-electron chi connectivity index (χ4n) is 1.58. The summed E-state index contributed by atoms with van der Waals surface area (Å²) in [6.07, 6.45) is 1.53. The topological polar surface area (TPSA) is 64.3 Å². The van der Waals surface area contributed by atoms with Crippen molar-refractivity contribution in [3.05, 3.63) is 0 Å². The molecule has 0 aromatic heterocycles. The molecule has 0 radical (unpaired) electrons. The van der Waals surface area contributed by atoms with E-state index in [1.807, 2.05) is 6.92 Å². The maximum atomic E-state index is 11.8. The highest BCUT2D eigenvalue weighted by Crippen LogP contribution is 2.18. The number of carbonyl (C=O) groups excluding carboxylic acids is 1. The summed E-state index contributed by atoms with van der Waals surface area (Å²) in [4.78, 5) is 11.8. The minimum absolute atomic E-state index is 0. The lowest BCUT2D eigenvalue weighted by atomic mass is 9.88. The lowest BCUT2D eigenvalue weighted by Crippen LogP contribution is -2.57. The highest BCUT2D eigenvalue weighted by atomic mass is 35.5. The maximum Gasteiger partial charge on any atom is 0.249 e. The third kappa shape index (κ3) is 3.61. The van der Waals surface area contributed by atoms with Crippen LogP contribution in [0.15, 0.2) is 0 Å². The largest absolute Gasteiger partial charge is 0.368 e. The zero-order valence-electron chi connectivity index (χ0n) is 10.3. The van der Waals surface area contributed by atoms with E-state index in [0.717, 1.165) is 12.8 Å². The van der Waals surface area contributed by atoms with Crippen LogP contribution < -0.4 is 11.1 Å². The van der Waals surface area contributed by atoms with E-state index in [4.69, 9.17) is 10.5 Å². The fraction of sp³-hybridized carbons (Fsp3) is 0.909. The van der Waals surface area contributed by atoms with E-state index in [-0.39, 0.29) is 30.0 Å². The van der Waals surface area contributed by atoms with Gasteiger partial charge < -0.3 is 15.8 Å². The van der Waals surface area contributed by atoms with E-state index in [1.54, 1.807) is 0 Å². The Morgan fingerprint density at radius 3 is 2.62 bits per heavy atom. The molecule has 16 heavy (non-hydrogen) atoms. The Bertz CT molecular complexity index is 230. The van der Waals surface area contributed by atoms with E-state index in [1.165, 1.54) is 0 Å². The van der Waals surface area contributed by atoms with Gasteiger partial charge in [-0.1, -0.05) is 13.8 Å². The van der Waals surface area contributed by atoms with Crippen LogP contribution in [0.1, 0.15) is 33.6 Å². The van der Waals surface area contributed by atoms with E-state index in [9.17, 15) is 4.79 Å². The third-order valence-corrected chi connectivity index (χ3v) is 3.33. The number of hydrogen-bond acceptors (Lipinski definition) is 3. The Labute approximate surface area is 104 Å². The van der Waals surface area contributed by atoms with Crippen molar-refractivity contribution >= 4 is 18.3 Å². The van der Waals surface area contributed by atoms with Crippen molar-refractivity contribution in [3.8, 4) is 0 Å². The number of halogens is 1. The third-order valence-electron chi connectivity index (χ3n) is 3.33. The van der Waals surface area contributed by atoms with E-state index >= 15 is 0 Å². The Morgan fingerprint density at radius 1 is 1.62 bits per heavy atom. The summed E-state index contributed by atoms with van der Waals surface area (Å²) in [5.41, 5.74) is 5.37. The second-order valence-electron chi connectivity index (χ2n) is 4.77. The van der Waals surface area contributed by atoms with Crippen molar-refractivity contribution in [3.63, 3.8) is 0 Å². The van der Waals surface area contributed by atoms with Gasteiger partial charge in [-0.05, 0) is 25.7 Å². The first-order valence-electron chi connectivity index (χ1n) is 5.63. The summed E-state index contributed by atoms with van der Waals surface area (Å²) >= 11 is 0. The SMILES string of the molecule is CC(C)C(C)(CN)NC(=O)[C@H]1CCCO1.Cl. The van der Waals surface area contributed by atoms with Crippen molar-refractivity contribution < 1.29 is 9.53 Å². The standard InChI is InChI=1S/C11H22N2O2.ClH/c1-8(2)11(3,7-12)13-10(14)9-5-4-6-15-9;/h8-9H,4-7,12H2,1-3H3,(H,13,14);1H/t9-,11?;/m1./s1. The number of rotatable bonds is 4. The van der Waals surface area contributed by atoms with Crippen molar-refractivity contribution in [1.29, 1.82) is 0 Å². The zero-order valence-corrected chi connectivity index (χ0v) is 11.1. The average Bonchev–Trinajstić information content (AvgIpc) is 2.70. The number of ether oxygens (including phenoxy) is 1. The minimum atomic E-state index is -0.330.